The molecule has 3 N–H and O–H groups in total. The van der Waals surface area contributed by atoms with Gasteiger partial charge in [0.25, 0.3) is 0 Å². The van der Waals surface area contributed by atoms with Crippen LogP contribution in [0.15, 0.2) is 0 Å². The maximum absolute atomic E-state index is 12.4. The number of amides is 1. The third-order valence-corrected chi connectivity index (χ3v) is 4.98. The molecular weight excluding hydrogens is 294 g/mol. The second kappa shape index (κ2) is 7.95. The Bertz CT molecular complexity index is 431. The first-order valence-electron chi connectivity index (χ1n) is 7.52. The van der Waals surface area contributed by atoms with Crippen LogP contribution in [-0.4, -0.2) is 43.5 Å². The first-order chi connectivity index (χ1) is 9.76. The summed E-state index contributed by atoms with van der Waals surface area (Å²) >= 11 is 0. The highest BCUT2D eigenvalue weighted by Crippen LogP contribution is 2.24. The van der Waals surface area contributed by atoms with Crippen LogP contribution < -0.4 is 10.5 Å². The molecule has 7 nitrogen and oxygen atoms in total. The molecule has 0 unspecified atom stereocenters. The van der Waals surface area contributed by atoms with Crippen LogP contribution in [0.4, 0.5) is 4.79 Å². The number of nitrogens with two attached hydrogens (primary N) is 1. The number of carbonyl (C=O) groups excluding carboxylic acids is 1. The van der Waals surface area contributed by atoms with E-state index in [0.717, 1.165) is 25.7 Å². The van der Waals surface area contributed by atoms with E-state index in [1.165, 1.54) is 4.31 Å². The van der Waals surface area contributed by atoms with Crippen molar-refractivity contribution >= 4 is 16.3 Å². The van der Waals surface area contributed by atoms with Crippen LogP contribution in [0, 0.1) is 0 Å². The Morgan fingerprint density at radius 2 is 1.90 bits per heavy atom. The van der Waals surface area contributed by atoms with Gasteiger partial charge in [0, 0.05) is 18.6 Å². The van der Waals surface area contributed by atoms with Gasteiger partial charge in [0.1, 0.15) is 0 Å². The lowest BCUT2D eigenvalue weighted by Gasteiger charge is -2.34. The van der Waals surface area contributed by atoms with Crippen molar-refractivity contribution in [3.8, 4) is 0 Å². The molecule has 0 saturated heterocycles. The zero-order valence-corrected chi connectivity index (χ0v) is 13.9. The highest BCUT2D eigenvalue weighted by Gasteiger charge is 2.33. The molecule has 1 aliphatic carbocycles. The van der Waals surface area contributed by atoms with Crippen LogP contribution in [-0.2, 0) is 14.9 Å². The van der Waals surface area contributed by atoms with Crippen molar-refractivity contribution in [1.82, 2.24) is 9.03 Å². The van der Waals surface area contributed by atoms with Crippen molar-refractivity contribution in [2.45, 2.75) is 71.1 Å². The van der Waals surface area contributed by atoms with Crippen molar-refractivity contribution in [2.24, 2.45) is 5.73 Å². The summed E-state index contributed by atoms with van der Waals surface area (Å²) in [5, 5.41) is 0. The Hall–Kier alpha value is -0.860. The van der Waals surface area contributed by atoms with Gasteiger partial charge in [-0.25, -0.2) is 9.52 Å². The Kier molecular flexibility index (Phi) is 6.89. The minimum Gasteiger partial charge on any atom is -0.446 e. The molecule has 1 saturated carbocycles. The highest BCUT2D eigenvalue weighted by molar-refractivity contribution is 7.87. The Labute approximate surface area is 127 Å². The van der Waals surface area contributed by atoms with E-state index >= 15 is 0 Å². The number of nitrogens with zero attached hydrogens (tertiary/aromatic N) is 1. The summed E-state index contributed by atoms with van der Waals surface area (Å²) in [4.78, 5) is 11.6. The van der Waals surface area contributed by atoms with Gasteiger partial charge in [0.2, 0.25) is 0 Å². The van der Waals surface area contributed by atoms with Crippen LogP contribution >= 0.6 is 0 Å². The average Bonchev–Trinajstić information content (AvgIpc) is 2.35. The van der Waals surface area contributed by atoms with E-state index in [1.54, 1.807) is 13.8 Å². The molecule has 0 bridgehead atoms. The van der Waals surface area contributed by atoms with E-state index in [4.69, 9.17) is 10.5 Å². The van der Waals surface area contributed by atoms with E-state index in [2.05, 4.69) is 0 Å². The molecule has 1 fully saturated rings. The summed E-state index contributed by atoms with van der Waals surface area (Å²) in [6.07, 6.45) is 2.44. The molecule has 0 aromatic heterocycles. The largest absolute Gasteiger partial charge is 0.446 e. The number of nitrogens with one attached hydrogen (secondary N) is 1. The average molecular weight is 321 g/mol. The van der Waals surface area contributed by atoms with Crippen molar-refractivity contribution in [1.29, 1.82) is 0 Å². The smallest absolute Gasteiger partial charge is 0.422 e. The Morgan fingerprint density at radius 1 is 1.33 bits per heavy atom. The fourth-order valence-corrected chi connectivity index (χ4v) is 3.91. The summed E-state index contributed by atoms with van der Waals surface area (Å²) in [7, 11) is -3.88. The highest BCUT2D eigenvalue weighted by atomic mass is 32.2. The Morgan fingerprint density at radius 3 is 2.38 bits per heavy atom. The van der Waals surface area contributed by atoms with Gasteiger partial charge in [0.05, 0.1) is 6.10 Å². The van der Waals surface area contributed by atoms with Gasteiger partial charge < -0.3 is 10.5 Å². The maximum atomic E-state index is 12.4. The van der Waals surface area contributed by atoms with E-state index in [1.807, 2.05) is 11.6 Å². The molecular formula is C13H27N3O4S. The molecule has 21 heavy (non-hydrogen) atoms. The second-order valence-electron chi connectivity index (χ2n) is 5.74. The van der Waals surface area contributed by atoms with Gasteiger partial charge in [-0.15, -0.1) is 0 Å². The third-order valence-electron chi connectivity index (χ3n) is 3.46. The molecule has 0 aromatic carbocycles. The monoisotopic (exact) mass is 321 g/mol. The fourth-order valence-electron chi connectivity index (χ4n) is 2.51. The summed E-state index contributed by atoms with van der Waals surface area (Å²) in [5.74, 6) is 0. The molecule has 124 valence electrons. The zero-order chi connectivity index (χ0) is 16.0. The van der Waals surface area contributed by atoms with Crippen LogP contribution in [0.2, 0.25) is 0 Å². The first-order valence-corrected chi connectivity index (χ1v) is 8.96. The van der Waals surface area contributed by atoms with Gasteiger partial charge in [-0.2, -0.15) is 12.7 Å². The van der Waals surface area contributed by atoms with Gasteiger partial charge in [-0.3, -0.25) is 0 Å². The summed E-state index contributed by atoms with van der Waals surface area (Å²) in [5.41, 5.74) is 5.86. The van der Waals surface area contributed by atoms with Crippen molar-refractivity contribution < 1.29 is 17.9 Å². The number of hydrogen-bond acceptors (Lipinski definition) is 5. The standard InChI is InChI=1S/C13H27N3O4S/c1-4-9-16(12-7-5-11(14)6-8-12)21(18,19)15-13(17)20-10(2)3/h10-12H,4-9,14H2,1-3H3,(H,15,17). The van der Waals surface area contributed by atoms with Crippen molar-refractivity contribution in [3.05, 3.63) is 0 Å². The molecule has 1 aliphatic rings. The quantitative estimate of drug-likeness (QED) is 0.769. The summed E-state index contributed by atoms with van der Waals surface area (Å²) in [6, 6.07) is 0.0420. The summed E-state index contributed by atoms with van der Waals surface area (Å²) in [6.45, 7) is 5.62. The third kappa shape index (κ3) is 5.80. The van der Waals surface area contributed by atoms with Crippen LogP contribution in [0.1, 0.15) is 52.9 Å². The van der Waals surface area contributed by atoms with Gasteiger partial charge in [0.15, 0.2) is 0 Å². The van der Waals surface area contributed by atoms with Crippen LogP contribution in [0.25, 0.3) is 0 Å². The molecule has 1 amide bonds. The lowest BCUT2D eigenvalue weighted by molar-refractivity contribution is 0.120. The maximum Gasteiger partial charge on any atom is 0.422 e. The molecule has 0 radical (unpaired) electrons. The molecule has 0 spiro atoms. The van der Waals surface area contributed by atoms with E-state index < -0.39 is 16.3 Å². The van der Waals surface area contributed by atoms with E-state index in [0.29, 0.717) is 13.0 Å². The van der Waals surface area contributed by atoms with Gasteiger partial charge in [-0.1, -0.05) is 6.92 Å². The minimum absolute atomic E-state index is 0.103. The first kappa shape index (κ1) is 18.2. The lowest BCUT2D eigenvalue weighted by atomic mass is 9.92. The zero-order valence-electron chi connectivity index (χ0n) is 13.0. The molecule has 0 atom stereocenters. The van der Waals surface area contributed by atoms with E-state index in [9.17, 15) is 13.2 Å². The number of ether oxygens (including phenoxy) is 1. The molecule has 0 heterocycles. The van der Waals surface area contributed by atoms with Gasteiger partial charge in [-0.05, 0) is 46.0 Å². The van der Waals surface area contributed by atoms with Crippen molar-refractivity contribution in [3.63, 3.8) is 0 Å². The van der Waals surface area contributed by atoms with Crippen LogP contribution in [0.3, 0.4) is 0 Å². The predicted octanol–water partition coefficient (Wildman–Crippen LogP) is 1.35. The normalized spacial score (nSPS) is 23.3. The SMILES string of the molecule is CCCN(C1CCC(N)CC1)S(=O)(=O)NC(=O)OC(C)C. The number of hydrogen-bond donors (Lipinski definition) is 2. The number of carbonyl (C=O) groups is 1. The van der Waals surface area contributed by atoms with Gasteiger partial charge >= 0.3 is 16.3 Å². The van der Waals surface area contributed by atoms with Crippen LogP contribution in [0.5, 0.6) is 0 Å². The lowest BCUT2D eigenvalue weighted by Crippen LogP contribution is -2.50. The fraction of sp³-hybridized carbons (Fsp3) is 0.923. The molecule has 8 heteroatoms. The minimum atomic E-state index is -3.88. The summed E-state index contributed by atoms with van der Waals surface area (Å²) < 4.78 is 33.0. The Balaban J connectivity index is 2.75. The molecule has 0 aliphatic heterocycles. The number of rotatable bonds is 6. The topological polar surface area (TPSA) is 102 Å². The van der Waals surface area contributed by atoms with E-state index in [-0.39, 0.29) is 18.2 Å². The molecule has 0 aromatic rings. The second-order valence-corrected chi connectivity index (χ2v) is 7.36. The van der Waals surface area contributed by atoms with Crippen molar-refractivity contribution in [2.75, 3.05) is 6.54 Å². The predicted molar refractivity (Wildman–Crippen MR) is 80.9 cm³/mol. The molecule has 1 rings (SSSR count).